The number of ether oxygens (including phenoxy) is 1. The van der Waals surface area contributed by atoms with Crippen molar-refractivity contribution in [2.24, 2.45) is 0 Å². The SMILES string of the molecule is CC(=O)OC1C=C(C)C(Cl)CC1. The van der Waals surface area contributed by atoms with Gasteiger partial charge in [0.15, 0.2) is 0 Å². The minimum absolute atomic E-state index is 0.0579. The Bertz CT molecular complexity index is 211. The summed E-state index contributed by atoms with van der Waals surface area (Å²) in [7, 11) is 0. The first-order chi connectivity index (χ1) is 5.59. The zero-order chi connectivity index (χ0) is 9.14. The van der Waals surface area contributed by atoms with Gasteiger partial charge in [-0.1, -0.05) is 5.57 Å². The number of alkyl halides is 1. The summed E-state index contributed by atoms with van der Waals surface area (Å²) in [6.07, 6.45) is 3.60. The number of carbonyl (C=O) groups is 1. The number of rotatable bonds is 1. The highest BCUT2D eigenvalue weighted by Gasteiger charge is 2.19. The van der Waals surface area contributed by atoms with E-state index in [9.17, 15) is 4.79 Å². The van der Waals surface area contributed by atoms with Gasteiger partial charge in [0.25, 0.3) is 0 Å². The van der Waals surface area contributed by atoms with E-state index < -0.39 is 0 Å². The largest absolute Gasteiger partial charge is 0.458 e. The van der Waals surface area contributed by atoms with Crippen molar-refractivity contribution >= 4 is 17.6 Å². The Balaban J connectivity index is 2.54. The molecule has 0 saturated carbocycles. The van der Waals surface area contributed by atoms with Crippen LogP contribution in [0.5, 0.6) is 0 Å². The molecule has 3 heteroatoms. The normalized spacial score (nSPS) is 29.4. The highest BCUT2D eigenvalue weighted by Crippen LogP contribution is 2.24. The zero-order valence-corrected chi connectivity index (χ0v) is 8.10. The van der Waals surface area contributed by atoms with Crippen molar-refractivity contribution in [2.75, 3.05) is 0 Å². The molecule has 68 valence electrons. The molecule has 0 aromatic rings. The van der Waals surface area contributed by atoms with Gasteiger partial charge in [0.1, 0.15) is 6.10 Å². The second-order valence-corrected chi connectivity index (χ2v) is 3.63. The molecular weight excluding hydrogens is 176 g/mol. The van der Waals surface area contributed by atoms with E-state index >= 15 is 0 Å². The van der Waals surface area contributed by atoms with E-state index in [0.29, 0.717) is 0 Å². The summed E-state index contributed by atoms with van der Waals surface area (Å²) < 4.78 is 5.04. The summed E-state index contributed by atoms with van der Waals surface area (Å²) in [6.45, 7) is 3.39. The molecule has 0 amide bonds. The first-order valence-electron chi connectivity index (χ1n) is 4.09. The molecule has 0 N–H and O–H groups in total. The van der Waals surface area contributed by atoms with Gasteiger partial charge in [0.05, 0.1) is 5.38 Å². The summed E-state index contributed by atoms with van der Waals surface area (Å²) in [6, 6.07) is 0. The molecule has 12 heavy (non-hydrogen) atoms. The molecule has 1 aliphatic rings. The number of carbonyl (C=O) groups excluding carboxylic acids is 1. The molecule has 0 aliphatic heterocycles. The van der Waals surface area contributed by atoms with Crippen LogP contribution in [0.15, 0.2) is 11.6 Å². The van der Waals surface area contributed by atoms with Crippen LogP contribution in [-0.4, -0.2) is 17.5 Å². The molecule has 2 nitrogen and oxygen atoms in total. The average Bonchev–Trinajstić information content (AvgIpc) is 1.96. The fourth-order valence-electron chi connectivity index (χ4n) is 1.33. The predicted molar refractivity (Wildman–Crippen MR) is 48.2 cm³/mol. The number of hydrogen-bond donors (Lipinski definition) is 0. The Hall–Kier alpha value is -0.500. The molecule has 0 radical (unpaired) electrons. The Morgan fingerprint density at radius 1 is 1.67 bits per heavy atom. The van der Waals surface area contributed by atoms with Crippen molar-refractivity contribution in [1.82, 2.24) is 0 Å². The second-order valence-electron chi connectivity index (χ2n) is 3.10. The molecular formula is C9H13ClO2. The minimum atomic E-state index is -0.225. The van der Waals surface area contributed by atoms with E-state index in [1.807, 2.05) is 13.0 Å². The molecule has 0 spiro atoms. The third-order valence-electron chi connectivity index (χ3n) is 1.96. The highest BCUT2D eigenvalue weighted by molar-refractivity contribution is 6.22. The van der Waals surface area contributed by atoms with Crippen molar-refractivity contribution in [1.29, 1.82) is 0 Å². The van der Waals surface area contributed by atoms with E-state index in [1.54, 1.807) is 0 Å². The van der Waals surface area contributed by atoms with Crippen LogP contribution in [0.4, 0.5) is 0 Å². The third kappa shape index (κ3) is 2.52. The number of halogens is 1. The van der Waals surface area contributed by atoms with Crippen molar-refractivity contribution in [3.05, 3.63) is 11.6 Å². The van der Waals surface area contributed by atoms with E-state index in [2.05, 4.69) is 0 Å². The second kappa shape index (κ2) is 3.94. The lowest BCUT2D eigenvalue weighted by atomic mass is 9.98. The van der Waals surface area contributed by atoms with Crippen LogP contribution in [-0.2, 0) is 9.53 Å². The maximum atomic E-state index is 10.6. The Kier molecular flexibility index (Phi) is 3.15. The van der Waals surface area contributed by atoms with Crippen molar-refractivity contribution in [3.8, 4) is 0 Å². The summed E-state index contributed by atoms with van der Waals surface area (Å²) in [5, 5.41) is 0.122. The predicted octanol–water partition coefficient (Wildman–Crippen LogP) is 2.27. The molecule has 2 atom stereocenters. The van der Waals surface area contributed by atoms with Crippen molar-refractivity contribution < 1.29 is 9.53 Å². The minimum Gasteiger partial charge on any atom is -0.458 e. The zero-order valence-electron chi connectivity index (χ0n) is 7.34. The standard InChI is InChI=1S/C9H13ClO2/c1-6-5-8(12-7(2)11)3-4-9(6)10/h5,8-9H,3-4H2,1-2H3. The molecule has 0 fully saturated rings. The Morgan fingerprint density at radius 3 is 2.83 bits per heavy atom. The lowest BCUT2D eigenvalue weighted by molar-refractivity contribution is -0.144. The van der Waals surface area contributed by atoms with E-state index in [0.717, 1.165) is 18.4 Å². The van der Waals surface area contributed by atoms with Gasteiger partial charge in [-0.15, -0.1) is 11.6 Å². The first-order valence-corrected chi connectivity index (χ1v) is 4.53. The van der Waals surface area contributed by atoms with E-state index in [1.165, 1.54) is 6.92 Å². The summed E-state index contributed by atoms with van der Waals surface area (Å²) >= 11 is 5.96. The number of hydrogen-bond acceptors (Lipinski definition) is 2. The van der Waals surface area contributed by atoms with Gasteiger partial charge in [-0.25, -0.2) is 0 Å². The molecule has 1 aliphatic carbocycles. The van der Waals surface area contributed by atoms with Crippen LogP contribution in [0.3, 0.4) is 0 Å². The van der Waals surface area contributed by atoms with Gasteiger partial charge in [-0.3, -0.25) is 4.79 Å². The summed E-state index contributed by atoms with van der Waals surface area (Å²) in [5.41, 5.74) is 1.11. The van der Waals surface area contributed by atoms with E-state index in [-0.39, 0.29) is 17.5 Å². The summed E-state index contributed by atoms with van der Waals surface area (Å²) in [4.78, 5) is 10.6. The van der Waals surface area contributed by atoms with Gasteiger partial charge < -0.3 is 4.74 Å². The number of esters is 1. The van der Waals surface area contributed by atoms with Crippen LogP contribution in [0, 0.1) is 0 Å². The molecule has 2 unspecified atom stereocenters. The van der Waals surface area contributed by atoms with Gasteiger partial charge in [0, 0.05) is 6.92 Å². The van der Waals surface area contributed by atoms with Gasteiger partial charge in [-0.2, -0.15) is 0 Å². The van der Waals surface area contributed by atoms with Gasteiger partial charge >= 0.3 is 5.97 Å². The maximum Gasteiger partial charge on any atom is 0.303 e. The third-order valence-corrected chi connectivity index (χ3v) is 2.53. The molecule has 0 saturated heterocycles. The van der Waals surface area contributed by atoms with E-state index in [4.69, 9.17) is 16.3 Å². The highest BCUT2D eigenvalue weighted by atomic mass is 35.5. The molecule has 0 heterocycles. The maximum absolute atomic E-state index is 10.6. The monoisotopic (exact) mass is 188 g/mol. The molecule has 1 rings (SSSR count). The molecule has 0 bridgehead atoms. The molecule has 0 aromatic heterocycles. The fraction of sp³-hybridized carbons (Fsp3) is 0.667. The van der Waals surface area contributed by atoms with Gasteiger partial charge in [-0.05, 0) is 25.8 Å². The van der Waals surface area contributed by atoms with Crippen LogP contribution < -0.4 is 0 Å². The smallest absolute Gasteiger partial charge is 0.303 e. The Labute approximate surface area is 77.5 Å². The summed E-state index contributed by atoms with van der Waals surface area (Å²) in [5.74, 6) is -0.225. The van der Waals surface area contributed by atoms with Crippen LogP contribution >= 0.6 is 11.6 Å². The topological polar surface area (TPSA) is 26.3 Å². The van der Waals surface area contributed by atoms with Crippen LogP contribution in [0.25, 0.3) is 0 Å². The first kappa shape index (κ1) is 9.59. The molecule has 0 aromatic carbocycles. The lowest BCUT2D eigenvalue weighted by Gasteiger charge is -2.22. The van der Waals surface area contributed by atoms with Crippen molar-refractivity contribution in [3.63, 3.8) is 0 Å². The van der Waals surface area contributed by atoms with Crippen LogP contribution in [0.2, 0.25) is 0 Å². The number of allylic oxidation sites excluding steroid dienone is 1. The lowest BCUT2D eigenvalue weighted by Crippen LogP contribution is -2.21. The van der Waals surface area contributed by atoms with Crippen molar-refractivity contribution in [2.45, 2.75) is 38.2 Å². The van der Waals surface area contributed by atoms with Crippen LogP contribution in [0.1, 0.15) is 26.7 Å². The van der Waals surface area contributed by atoms with Gasteiger partial charge in [0.2, 0.25) is 0 Å². The Morgan fingerprint density at radius 2 is 2.33 bits per heavy atom. The fourth-order valence-corrected chi connectivity index (χ4v) is 1.52. The average molecular weight is 189 g/mol. The quantitative estimate of drug-likeness (QED) is 0.359.